The van der Waals surface area contributed by atoms with Crippen molar-refractivity contribution in [1.82, 2.24) is 10.2 Å². The number of aliphatic hydroxyl groups is 1. The van der Waals surface area contributed by atoms with Crippen LogP contribution < -0.4 is 5.32 Å². The predicted molar refractivity (Wildman–Crippen MR) is 157 cm³/mol. The van der Waals surface area contributed by atoms with E-state index in [1.807, 2.05) is 6.92 Å². The summed E-state index contributed by atoms with van der Waals surface area (Å²) in [5.41, 5.74) is 0.264. The molecular weight excluding hydrogens is 592 g/mol. The molecule has 1 rings (SSSR count). The lowest BCUT2D eigenvalue weighted by molar-refractivity contribution is -0.155. The standard InChI is InChI=1S/C27H46N2O11S2/c1-19-10-11-22(24(31)29(12-14-37-41(8,33)34)13-15-38-42(9,35)36)20(16-19)17-21(18-23(30)39-26(2,3)4)28-25(32)40-27(5,6)7/h10-11,16,21,24,31H,12-15,17-18H2,1-9H3,(H,28,32)/t21-,24-/m0/s1. The molecule has 0 fully saturated rings. The Labute approximate surface area is 250 Å². The zero-order chi connectivity index (χ0) is 32.5. The molecule has 1 amide bonds. The van der Waals surface area contributed by atoms with Crippen LogP contribution in [-0.4, -0.2) is 95.0 Å². The van der Waals surface area contributed by atoms with Crippen molar-refractivity contribution < 1.29 is 49.4 Å². The molecule has 2 N–H and O–H groups in total. The summed E-state index contributed by atoms with van der Waals surface area (Å²) in [4.78, 5) is 26.8. The number of hydrogen-bond acceptors (Lipinski definition) is 12. The number of rotatable bonds is 15. The average molecular weight is 639 g/mol. The fraction of sp³-hybridized carbons (Fsp3) is 0.704. The van der Waals surface area contributed by atoms with Crippen LogP contribution in [0.25, 0.3) is 0 Å². The SMILES string of the molecule is Cc1ccc([C@H](O)N(CCOS(C)(=O)=O)CCOS(C)(=O)=O)c(C[C@@H](CC(=O)OC(C)(C)C)NC(=O)OC(C)(C)C)c1. The van der Waals surface area contributed by atoms with Crippen LogP contribution in [0.3, 0.4) is 0 Å². The first-order valence-electron chi connectivity index (χ1n) is 13.4. The van der Waals surface area contributed by atoms with Crippen LogP contribution >= 0.6 is 0 Å². The van der Waals surface area contributed by atoms with E-state index >= 15 is 0 Å². The molecule has 242 valence electrons. The molecular formula is C27H46N2O11S2. The first-order valence-corrected chi connectivity index (χ1v) is 17.0. The highest BCUT2D eigenvalue weighted by Crippen LogP contribution is 2.25. The van der Waals surface area contributed by atoms with E-state index < -0.39 is 55.8 Å². The first kappa shape index (κ1) is 37.7. The molecule has 15 heteroatoms. The number of carbonyl (C=O) groups excluding carboxylic acids is 2. The van der Waals surface area contributed by atoms with Crippen LogP contribution in [0.5, 0.6) is 0 Å². The van der Waals surface area contributed by atoms with Crippen LogP contribution in [0.4, 0.5) is 4.79 Å². The second kappa shape index (κ2) is 15.4. The molecule has 0 aliphatic rings. The molecule has 0 unspecified atom stereocenters. The number of nitrogens with one attached hydrogen (secondary N) is 1. The molecule has 0 saturated carbocycles. The van der Waals surface area contributed by atoms with Crippen molar-refractivity contribution in [3.05, 3.63) is 34.9 Å². The van der Waals surface area contributed by atoms with Gasteiger partial charge in [-0.1, -0.05) is 23.8 Å². The van der Waals surface area contributed by atoms with Gasteiger partial charge in [0.2, 0.25) is 0 Å². The zero-order valence-electron chi connectivity index (χ0n) is 25.9. The maximum Gasteiger partial charge on any atom is 0.407 e. The number of aliphatic hydroxyl groups excluding tert-OH is 1. The van der Waals surface area contributed by atoms with Gasteiger partial charge >= 0.3 is 12.1 Å². The summed E-state index contributed by atoms with van der Waals surface area (Å²) in [6, 6.07) is 4.42. The Hall–Kier alpha value is -2.30. The summed E-state index contributed by atoms with van der Waals surface area (Å²) >= 11 is 0. The average Bonchev–Trinajstić information content (AvgIpc) is 2.73. The first-order chi connectivity index (χ1) is 18.9. The minimum absolute atomic E-state index is 0.0911. The lowest BCUT2D eigenvalue weighted by atomic mass is 9.95. The lowest BCUT2D eigenvalue weighted by Crippen LogP contribution is -2.42. The molecule has 1 aromatic carbocycles. The summed E-state index contributed by atoms with van der Waals surface area (Å²) in [5.74, 6) is -0.546. The van der Waals surface area contributed by atoms with Gasteiger partial charge in [0.05, 0.1) is 32.1 Å². The molecule has 0 heterocycles. The Morgan fingerprint density at radius 3 is 1.86 bits per heavy atom. The summed E-state index contributed by atoms with van der Waals surface area (Å²) in [7, 11) is -7.53. The van der Waals surface area contributed by atoms with Gasteiger partial charge in [0.25, 0.3) is 20.2 Å². The summed E-state index contributed by atoms with van der Waals surface area (Å²) in [6.45, 7) is 11.3. The van der Waals surface area contributed by atoms with E-state index in [4.69, 9.17) is 17.8 Å². The van der Waals surface area contributed by atoms with Crippen molar-refractivity contribution in [3.63, 3.8) is 0 Å². The normalized spacial score (nSPS) is 14.4. The van der Waals surface area contributed by atoms with Gasteiger partial charge in [-0.25, -0.2) is 4.79 Å². The summed E-state index contributed by atoms with van der Waals surface area (Å²) in [5, 5.41) is 14.1. The van der Waals surface area contributed by atoms with Gasteiger partial charge in [-0.2, -0.15) is 16.8 Å². The van der Waals surface area contributed by atoms with Crippen LogP contribution in [0, 0.1) is 6.92 Å². The zero-order valence-corrected chi connectivity index (χ0v) is 27.6. The van der Waals surface area contributed by atoms with Crippen molar-refractivity contribution in [2.45, 2.75) is 84.8 Å². The van der Waals surface area contributed by atoms with Crippen LogP contribution in [0.2, 0.25) is 0 Å². The van der Waals surface area contributed by atoms with Crippen molar-refractivity contribution in [2.75, 3.05) is 38.8 Å². The van der Waals surface area contributed by atoms with Crippen LogP contribution in [0.1, 0.15) is 70.9 Å². The van der Waals surface area contributed by atoms with Gasteiger partial charge in [-0.05, 0) is 66.0 Å². The van der Waals surface area contributed by atoms with Crippen LogP contribution in [0.15, 0.2) is 18.2 Å². The van der Waals surface area contributed by atoms with E-state index in [0.29, 0.717) is 11.1 Å². The van der Waals surface area contributed by atoms with Gasteiger partial charge < -0.3 is 19.9 Å². The van der Waals surface area contributed by atoms with Gasteiger partial charge in [0.15, 0.2) is 0 Å². The third kappa shape index (κ3) is 17.0. The fourth-order valence-electron chi connectivity index (χ4n) is 3.83. The molecule has 0 aliphatic heterocycles. The van der Waals surface area contributed by atoms with Gasteiger partial charge in [0.1, 0.15) is 17.4 Å². The molecule has 13 nitrogen and oxygen atoms in total. The second-order valence-electron chi connectivity index (χ2n) is 12.0. The Bertz CT molecular complexity index is 1200. The Morgan fingerprint density at radius 2 is 1.40 bits per heavy atom. The molecule has 0 radical (unpaired) electrons. The van der Waals surface area contributed by atoms with E-state index in [0.717, 1.165) is 18.1 Å². The molecule has 1 aromatic rings. The Morgan fingerprint density at radius 1 is 0.905 bits per heavy atom. The van der Waals surface area contributed by atoms with Gasteiger partial charge in [-0.15, -0.1) is 0 Å². The molecule has 2 atom stereocenters. The number of alkyl carbamates (subject to hydrolysis) is 1. The third-order valence-electron chi connectivity index (χ3n) is 5.29. The predicted octanol–water partition coefficient (Wildman–Crippen LogP) is 2.41. The molecule has 0 aromatic heterocycles. The molecule has 0 spiro atoms. The smallest absolute Gasteiger partial charge is 0.407 e. The number of hydrogen-bond donors (Lipinski definition) is 2. The quantitative estimate of drug-likeness (QED) is 0.163. The van der Waals surface area contributed by atoms with Crippen molar-refractivity contribution in [2.24, 2.45) is 0 Å². The molecule has 0 saturated heterocycles. The van der Waals surface area contributed by atoms with E-state index in [1.54, 1.807) is 59.7 Å². The number of amides is 1. The second-order valence-corrected chi connectivity index (χ2v) is 15.3. The highest BCUT2D eigenvalue weighted by Gasteiger charge is 2.27. The summed E-state index contributed by atoms with van der Waals surface area (Å²) in [6.07, 6.45) is -0.394. The van der Waals surface area contributed by atoms with E-state index in [-0.39, 0.29) is 39.1 Å². The number of esters is 1. The van der Waals surface area contributed by atoms with E-state index in [2.05, 4.69) is 5.32 Å². The number of carbonyl (C=O) groups is 2. The highest BCUT2D eigenvalue weighted by atomic mass is 32.2. The summed E-state index contributed by atoms with van der Waals surface area (Å²) < 4.78 is 66.4. The van der Waals surface area contributed by atoms with E-state index in [1.165, 1.54) is 4.90 Å². The fourth-order valence-corrected chi connectivity index (χ4v) is 4.58. The van der Waals surface area contributed by atoms with Gasteiger partial charge in [-0.3, -0.25) is 18.1 Å². The number of ether oxygens (including phenoxy) is 2. The topological polar surface area (TPSA) is 175 Å². The number of nitrogens with zero attached hydrogens (tertiary/aromatic N) is 1. The van der Waals surface area contributed by atoms with Gasteiger partial charge in [0, 0.05) is 19.1 Å². The maximum atomic E-state index is 12.7. The molecule has 0 aliphatic carbocycles. The highest BCUT2D eigenvalue weighted by molar-refractivity contribution is 7.86. The molecule has 42 heavy (non-hydrogen) atoms. The number of benzene rings is 1. The maximum absolute atomic E-state index is 12.7. The van der Waals surface area contributed by atoms with Crippen molar-refractivity contribution in [1.29, 1.82) is 0 Å². The van der Waals surface area contributed by atoms with Crippen molar-refractivity contribution in [3.8, 4) is 0 Å². The third-order valence-corrected chi connectivity index (χ3v) is 6.48. The minimum Gasteiger partial charge on any atom is -0.460 e. The Kier molecular flexibility index (Phi) is 13.9. The lowest BCUT2D eigenvalue weighted by Gasteiger charge is -2.30. The van der Waals surface area contributed by atoms with E-state index in [9.17, 15) is 31.5 Å². The monoisotopic (exact) mass is 638 g/mol. The molecule has 0 bridgehead atoms. The van der Waals surface area contributed by atoms with Crippen molar-refractivity contribution >= 4 is 32.3 Å². The Balaban J connectivity index is 3.36. The minimum atomic E-state index is -3.76. The largest absolute Gasteiger partial charge is 0.460 e. The number of aryl methyl sites for hydroxylation is 1. The van der Waals surface area contributed by atoms with Crippen LogP contribution in [-0.2, 0) is 49.3 Å².